The maximum atomic E-state index is 15.3. The third-order valence-electron chi connectivity index (χ3n) is 8.84. The van der Waals surface area contributed by atoms with Gasteiger partial charge in [0.2, 0.25) is 9.84 Å². The molecule has 8 nitrogen and oxygen atoms in total. The predicted molar refractivity (Wildman–Crippen MR) is 177 cm³/mol. The van der Waals surface area contributed by atoms with Crippen LogP contribution in [0.2, 0.25) is 0 Å². The number of hydrogen-bond donors (Lipinski definition) is 1. The number of halogens is 12. The molecule has 0 unspecified atom stereocenters. The molecule has 57 heavy (non-hydrogen) atoms. The molecule has 0 aliphatic carbocycles. The molecular formula is C35H28F12O8S2. The lowest BCUT2D eigenvalue weighted by molar-refractivity contribution is -0.419. The standard InChI is InChI=1S/C35H28F12O8S2/c1-29(2,20-5-9-22(53-3)10-6-20)21-7-11-23(12-8-21)55-24-13-15-25(16-14-24)56(48,49)26-17-18-28(54-4)27(19-26)30(36,37)31(38,39)32(40,41)33(42,43)34(44,45)35(46,47)57(50,51)52/h5-19H,1-4H3,(H,50,51,52). The lowest BCUT2D eigenvalue weighted by atomic mass is 9.78. The molecule has 22 heteroatoms. The van der Waals surface area contributed by atoms with E-state index >= 15 is 8.78 Å². The van der Waals surface area contributed by atoms with Gasteiger partial charge in [0.25, 0.3) is 0 Å². The van der Waals surface area contributed by atoms with E-state index in [1.807, 2.05) is 26.0 Å². The number of ether oxygens (including phenoxy) is 3. The van der Waals surface area contributed by atoms with Crippen LogP contribution in [0.4, 0.5) is 52.7 Å². The van der Waals surface area contributed by atoms with E-state index < -0.39 is 87.4 Å². The number of benzene rings is 4. The molecule has 0 aliphatic rings. The average Bonchev–Trinajstić information content (AvgIpc) is 3.14. The van der Waals surface area contributed by atoms with Crippen molar-refractivity contribution in [3.05, 3.63) is 108 Å². The van der Waals surface area contributed by atoms with E-state index in [1.165, 1.54) is 7.11 Å². The van der Waals surface area contributed by atoms with E-state index in [9.17, 15) is 60.7 Å². The third-order valence-corrected chi connectivity index (χ3v) is 11.5. The molecule has 0 amide bonds. The molecule has 0 aromatic heterocycles. The van der Waals surface area contributed by atoms with Crippen molar-refractivity contribution in [2.45, 2.75) is 63.9 Å². The van der Waals surface area contributed by atoms with Gasteiger partial charge in [-0.15, -0.1) is 0 Å². The van der Waals surface area contributed by atoms with E-state index in [-0.39, 0.29) is 17.6 Å². The second-order valence-corrected chi connectivity index (χ2v) is 16.1. The SMILES string of the molecule is COc1ccc(C(C)(C)c2ccc(Oc3ccc(S(=O)(=O)c4ccc(OC)c(C(F)(F)C(F)(F)C(F)(F)C(F)(F)C(F)(F)C(F)(F)S(=O)(=O)O)c4)cc3)cc2)cc1. The largest absolute Gasteiger partial charge is 0.497 e. The highest BCUT2D eigenvalue weighted by Gasteiger charge is 2.92. The summed E-state index contributed by atoms with van der Waals surface area (Å²) in [4.78, 5) is -2.16. The molecule has 4 rings (SSSR count). The van der Waals surface area contributed by atoms with Gasteiger partial charge >= 0.3 is 45.0 Å². The zero-order valence-corrected chi connectivity index (χ0v) is 31.0. The smallest absolute Gasteiger partial charge is 0.438 e. The van der Waals surface area contributed by atoms with E-state index in [0.717, 1.165) is 35.4 Å². The molecule has 312 valence electrons. The van der Waals surface area contributed by atoms with E-state index in [1.54, 1.807) is 36.4 Å². The second-order valence-electron chi connectivity index (χ2n) is 12.7. The first-order chi connectivity index (χ1) is 25.9. The Kier molecular flexibility index (Phi) is 11.5. The Balaban J connectivity index is 1.64. The van der Waals surface area contributed by atoms with Crippen LogP contribution < -0.4 is 14.2 Å². The molecule has 4 aromatic rings. The first-order valence-electron chi connectivity index (χ1n) is 15.6. The van der Waals surface area contributed by atoms with Crippen molar-refractivity contribution in [1.82, 2.24) is 0 Å². The topological polar surface area (TPSA) is 116 Å². The van der Waals surface area contributed by atoms with Gasteiger partial charge < -0.3 is 14.2 Å². The molecule has 0 saturated heterocycles. The Bertz CT molecular complexity index is 2320. The number of rotatable bonds is 15. The molecule has 1 N–H and O–H groups in total. The van der Waals surface area contributed by atoms with Crippen LogP contribution >= 0.6 is 0 Å². The number of sulfone groups is 1. The molecule has 0 aliphatic heterocycles. The Hall–Kier alpha value is -4.70. The zero-order valence-electron chi connectivity index (χ0n) is 29.3. The van der Waals surface area contributed by atoms with Crippen molar-refractivity contribution in [3.8, 4) is 23.0 Å². The molecule has 0 fully saturated rings. The monoisotopic (exact) mass is 868 g/mol. The average molecular weight is 869 g/mol. The van der Waals surface area contributed by atoms with E-state index in [0.29, 0.717) is 18.9 Å². The summed E-state index contributed by atoms with van der Waals surface area (Å²) in [6.07, 6.45) is 0. The minimum atomic E-state index is -8.34. The molecular weight excluding hydrogens is 840 g/mol. The highest BCUT2D eigenvalue weighted by molar-refractivity contribution is 7.91. The number of methoxy groups -OCH3 is 2. The van der Waals surface area contributed by atoms with Crippen LogP contribution in [-0.2, 0) is 31.3 Å². The fourth-order valence-electron chi connectivity index (χ4n) is 5.28. The van der Waals surface area contributed by atoms with Crippen LogP contribution in [0.25, 0.3) is 0 Å². The molecule has 4 aromatic carbocycles. The minimum absolute atomic E-state index is 0.0113. The highest BCUT2D eigenvalue weighted by atomic mass is 32.2. The molecule has 0 bridgehead atoms. The van der Waals surface area contributed by atoms with Gasteiger partial charge in [-0.2, -0.15) is 61.1 Å². The Morgan fingerprint density at radius 1 is 0.509 bits per heavy atom. The zero-order chi connectivity index (χ0) is 43.4. The Morgan fingerprint density at radius 2 is 0.912 bits per heavy atom. The Morgan fingerprint density at radius 3 is 1.33 bits per heavy atom. The van der Waals surface area contributed by atoms with Crippen molar-refractivity contribution in [1.29, 1.82) is 0 Å². The van der Waals surface area contributed by atoms with Gasteiger partial charge in [0.15, 0.2) is 0 Å². The molecule has 0 radical (unpaired) electrons. The molecule has 0 saturated carbocycles. The normalized spacial score (nSPS) is 14.0. The summed E-state index contributed by atoms with van der Waals surface area (Å²) in [5.41, 5.74) is -1.26. The van der Waals surface area contributed by atoms with Crippen molar-refractivity contribution < 1.29 is 88.3 Å². The lowest BCUT2D eigenvalue weighted by Gasteiger charge is -2.40. The Labute approximate surface area is 316 Å². The molecule has 0 heterocycles. The van der Waals surface area contributed by atoms with Gasteiger partial charge in [-0.1, -0.05) is 38.1 Å². The highest BCUT2D eigenvalue weighted by Crippen LogP contribution is 2.63. The first-order valence-corrected chi connectivity index (χ1v) is 18.5. The minimum Gasteiger partial charge on any atom is -0.497 e. The van der Waals surface area contributed by atoms with E-state index in [4.69, 9.17) is 14.0 Å². The predicted octanol–water partition coefficient (Wildman–Crippen LogP) is 9.77. The van der Waals surface area contributed by atoms with Crippen LogP contribution in [0.15, 0.2) is 101 Å². The summed E-state index contributed by atoms with van der Waals surface area (Å²) in [5.74, 6) is -40.1. The summed E-state index contributed by atoms with van der Waals surface area (Å²) >= 11 is 0. The molecule has 0 atom stereocenters. The van der Waals surface area contributed by atoms with Crippen molar-refractivity contribution in [3.63, 3.8) is 0 Å². The summed E-state index contributed by atoms with van der Waals surface area (Å²) in [7, 11) is -10.9. The summed E-state index contributed by atoms with van der Waals surface area (Å²) in [6.45, 7) is 3.94. The van der Waals surface area contributed by atoms with Crippen molar-refractivity contribution in [2.75, 3.05) is 14.2 Å². The maximum Gasteiger partial charge on any atom is 0.438 e. The van der Waals surface area contributed by atoms with Gasteiger partial charge in [-0.25, -0.2) is 8.42 Å². The van der Waals surface area contributed by atoms with Gasteiger partial charge in [-0.3, -0.25) is 4.55 Å². The lowest BCUT2D eigenvalue weighted by Crippen LogP contribution is -2.71. The van der Waals surface area contributed by atoms with Crippen LogP contribution in [0.5, 0.6) is 23.0 Å². The van der Waals surface area contributed by atoms with Gasteiger partial charge in [0, 0.05) is 5.41 Å². The summed E-state index contributed by atoms with van der Waals surface area (Å²) < 4.78 is 244. The molecule has 0 spiro atoms. The van der Waals surface area contributed by atoms with Crippen molar-refractivity contribution in [2.24, 2.45) is 0 Å². The summed E-state index contributed by atoms with van der Waals surface area (Å²) in [5, 5.41) is -7.62. The second kappa shape index (κ2) is 14.6. The van der Waals surface area contributed by atoms with Crippen LogP contribution in [0.3, 0.4) is 0 Å². The van der Waals surface area contributed by atoms with Crippen LogP contribution in [-0.4, -0.2) is 64.6 Å². The van der Waals surface area contributed by atoms with Gasteiger partial charge in [0.1, 0.15) is 23.0 Å². The van der Waals surface area contributed by atoms with Crippen LogP contribution in [0, 0.1) is 0 Å². The van der Waals surface area contributed by atoms with Crippen molar-refractivity contribution >= 4 is 20.0 Å². The number of alkyl halides is 12. The van der Waals surface area contributed by atoms with E-state index in [2.05, 4.69) is 4.74 Å². The first kappa shape index (κ1) is 45.0. The fourth-order valence-corrected chi connectivity index (χ4v) is 7.02. The maximum absolute atomic E-state index is 15.3. The summed E-state index contributed by atoms with van der Waals surface area (Å²) in [6, 6.07) is 18.1. The third kappa shape index (κ3) is 7.34. The quantitative estimate of drug-likeness (QED) is 0.0928. The van der Waals surface area contributed by atoms with Gasteiger partial charge in [-0.05, 0) is 77.9 Å². The van der Waals surface area contributed by atoms with Gasteiger partial charge in [0.05, 0.1) is 29.6 Å². The number of hydrogen-bond acceptors (Lipinski definition) is 7. The fraction of sp³-hybridized carbons (Fsp3) is 0.314. The van der Waals surface area contributed by atoms with Crippen LogP contribution in [0.1, 0.15) is 30.5 Å².